The van der Waals surface area contributed by atoms with Gasteiger partial charge in [0, 0.05) is 5.56 Å². The molecule has 0 atom stereocenters. The number of hydrogen-bond acceptors (Lipinski definition) is 1. The van der Waals surface area contributed by atoms with Crippen molar-refractivity contribution in [1.29, 1.82) is 0 Å². The Kier molecular flexibility index (Phi) is 3.90. The Balaban J connectivity index is 2.39. The largest absolute Gasteiger partial charge is 0.288 e. The molecule has 2 aromatic carbocycles. The maximum atomic E-state index is 13.6. The lowest BCUT2D eigenvalue weighted by Gasteiger charge is -2.19. The summed E-state index contributed by atoms with van der Waals surface area (Å²) in [6, 6.07) is 8.35. The maximum Gasteiger partial charge on any atom is 0.196 e. The van der Waals surface area contributed by atoms with Crippen molar-refractivity contribution in [2.45, 2.75) is 26.2 Å². The third kappa shape index (κ3) is 2.99. The van der Waals surface area contributed by atoms with Crippen LogP contribution in [0.1, 0.15) is 42.3 Å². The van der Waals surface area contributed by atoms with E-state index in [-0.39, 0.29) is 11.0 Å². The van der Waals surface area contributed by atoms with Crippen LogP contribution in [0.5, 0.6) is 0 Å². The third-order valence-corrected chi connectivity index (χ3v) is 3.29. The lowest BCUT2D eigenvalue weighted by molar-refractivity contribution is 0.103. The molecule has 0 amide bonds. The van der Waals surface area contributed by atoms with Crippen LogP contribution in [0.3, 0.4) is 0 Å². The van der Waals surface area contributed by atoms with Gasteiger partial charge in [0.25, 0.3) is 0 Å². The van der Waals surface area contributed by atoms with Crippen LogP contribution in [0, 0.1) is 17.5 Å². The van der Waals surface area contributed by atoms with E-state index in [1.807, 2.05) is 20.8 Å². The van der Waals surface area contributed by atoms with Crippen LogP contribution >= 0.6 is 0 Å². The van der Waals surface area contributed by atoms with Crippen molar-refractivity contribution in [1.82, 2.24) is 0 Å². The minimum atomic E-state index is -1.63. The molecule has 0 saturated heterocycles. The zero-order valence-corrected chi connectivity index (χ0v) is 12.0. The molecule has 0 bridgehead atoms. The number of carbonyl (C=O) groups excluding carboxylic acids is 1. The predicted octanol–water partition coefficient (Wildman–Crippen LogP) is 4.63. The molecule has 0 N–H and O–H groups in total. The molecule has 1 nitrogen and oxygen atoms in total. The second-order valence-corrected chi connectivity index (χ2v) is 5.88. The fraction of sp³-hybridized carbons (Fsp3) is 0.235. The first-order chi connectivity index (χ1) is 9.71. The van der Waals surface area contributed by atoms with E-state index in [9.17, 15) is 18.0 Å². The fourth-order valence-electron chi connectivity index (χ4n) is 1.98. The van der Waals surface area contributed by atoms with Crippen molar-refractivity contribution in [3.05, 3.63) is 70.5 Å². The highest BCUT2D eigenvalue weighted by Gasteiger charge is 2.20. The van der Waals surface area contributed by atoms with E-state index in [4.69, 9.17) is 0 Å². The van der Waals surface area contributed by atoms with Crippen molar-refractivity contribution in [2.75, 3.05) is 0 Å². The lowest BCUT2D eigenvalue weighted by atomic mass is 9.86. The second kappa shape index (κ2) is 5.35. The Morgan fingerprint density at radius 3 is 1.95 bits per heavy atom. The minimum absolute atomic E-state index is 0.0746. The molecule has 21 heavy (non-hydrogen) atoms. The molecular weight excluding hydrogens is 277 g/mol. The lowest BCUT2D eigenvalue weighted by Crippen LogP contribution is -2.12. The third-order valence-electron chi connectivity index (χ3n) is 3.29. The van der Waals surface area contributed by atoms with Gasteiger partial charge in [-0.2, -0.15) is 0 Å². The van der Waals surface area contributed by atoms with Crippen LogP contribution in [-0.4, -0.2) is 5.78 Å². The maximum absolute atomic E-state index is 13.6. The summed E-state index contributed by atoms with van der Waals surface area (Å²) in [5.41, 5.74) is 0.699. The smallest absolute Gasteiger partial charge is 0.196 e. The number of carbonyl (C=O) groups is 1. The Hall–Kier alpha value is -2.10. The van der Waals surface area contributed by atoms with Crippen molar-refractivity contribution < 1.29 is 18.0 Å². The van der Waals surface area contributed by atoms with Gasteiger partial charge in [0.1, 0.15) is 0 Å². The normalized spacial score (nSPS) is 11.5. The topological polar surface area (TPSA) is 17.1 Å². The van der Waals surface area contributed by atoms with Crippen LogP contribution in [0.15, 0.2) is 36.4 Å². The zero-order chi connectivity index (χ0) is 15.8. The Labute approximate surface area is 121 Å². The van der Waals surface area contributed by atoms with Crippen LogP contribution < -0.4 is 0 Å². The second-order valence-electron chi connectivity index (χ2n) is 5.88. The van der Waals surface area contributed by atoms with Gasteiger partial charge in [-0.15, -0.1) is 0 Å². The standard InChI is InChI=1S/C17H15F3O/c1-17(2,3)11-6-4-10(5-7-11)16(21)12-8-9-13(18)15(20)14(12)19/h4-9H,1-3H3. The molecule has 0 aliphatic heterocycles. The summed E-state index contributed by atoms with van der Waals surface area (Å²) in [7, 11) is 0. The van der Waals surface area contributed by atoms with Gasteiger partial charge in [-0.05, 0) is 23.1 Å². The van der Waals surface area contributed by atoms with E-state index in [1.54, 1.807) is 24.3 Å². The molecule has 0 aliphatic carbocycles. The first kappa shape index (κ1) is 15.3. The van der Waals surface area contributed by atoms with E-state index in [0.29, 0.717) is 0 Å². The van der Waals surface area contributed by atoms with Crippen LogP contribution in [0.4, 0.5) is 13.2 Å². The van der Waals surface area contributed by atoms with Crippen LogP contribution in [0.25, 0.3) is 0 Å². The Bertz CT molecular complexity index is 682. The van der Waals surface area contributed by atoms with Crippen molar-refractivity contribution in [3.8, 4) is 0 Å². The molecule has 0 aliphatic rings. The van der Waals surface area contributed by atoms with Gasteiger partial charge < -0.3 is 0 Å². The average Bonchev–Trinajstić information content (AvgIpc) is 2.43. The summed E-state index contributed by atoms with van der Waals surface area (Å²) in [4.78, 5) is 12.2. The monoisotopic (exact) mass is 292 g/mol. The van der Waals surface area contributed by atoms with Crippen molar-refractivity contribution in [2.24, 2.45) is 0 Å². The van der Waals surface area contributed by atoms with Crippen LogP contribution in [0.2, 0.25) is 0 Å². The molecule has 0 spiro atoms. The van der Waals surface area contributed by atoms with E-state index in [1.165, 1.54) is 0 Å². The van der Waals surface area contributed by atoms with Crippen molar-refractivity contribution >= 4 is 5.78 Å². The number of halogens is 3. The number of hydrogen-bond donors (Lipinski definition) is 0. The highest BCUT2D eigenvalue weighted by atomic mass is 19.2. The molecule has 2 rings (SSSR count). The van der Waals surface area contributed by atoms with Gasteiger partial charge in [-0.3, -0.25) is 4.79 Å². The van der Waals surface area contributed by atoms with Crippen LogP contribution in [-0.2, 0) is 5.41 Å². The molecular formula is C17H15F3O. The molecule has 2 aromatic rings. The van der Waals surface area contributed by atoms with Gasteiger partial charge in [0.15, 0.2) is 23.2 Å². The summed E-state index contributed by atoms with van der Waals surface area (Å²) in [5.74, 6) is -5.08. The average molecular weight is 292 g/mol. The summed E-state index contributed by atoms with van der Waals surface area (Å²) in [5, 5.41) is 0. The van der Waals surface area contributed by atoms with Gasteiger partial charge in [0.2, 0.25) is 0 Å². The summed E-state index contributed by atoms with van der Waals surface area (Å²) in [6.07, 6.45) is 0. The first-order valence-electron chi connectivity index (χ1n) is 6.50. The fourth-order valence-corrected chi connectivity index (χ4v) is 1.98. The number of rotatable bonds is 2. The first-order valence-corrected chi connectivity index (χ1v) is 6.50. The zero-order valence-electron chi connectivity index (χ0n) is 12.0. The molecule has 0 aromatic heterocycles. The number of ketones is 1. The van der Waals surface area contributed by atoms with E-state index in [0.717, 1.165) is 17.7 Å². The van der Waals surface area contributed by atoms with E-state index >= 15 is 0 Å². The quantitative estimate of drug-likeness (QED) is 0.582. The highest BCUT2D eigenvalue weighted by Crippen LogP contribution is 2.24. The Morgan fingerprint density at radius 2 is 1.43 bits per heavy atom. The van der Waals surface area contributed by atoms with Gasteiger partial charge in [0.05, 0.1) is 5.56 Å². The molecule has 0 unspecified atom stereocenters. The number of benzene rings is 2. The summed E-state index contributed by atoms with van der Waals surface area (Å²) >= 11 is 0. The molecule has 0 fully saturated rings. The molecule has 4 heteroatoms. The Morgan fingerprint density at radius 1 is 0.857 bits per heavy atom. The van der Waals surface area contributed by atoms with Gasteiger partial charge >= 0.3 is 0 Å². The van der Waals surface area contributed by atoms with E-state index in [2.05, 4.69) is 0 Å². The van der Waals surface area contributed by atoms with Gasteiger partial charge in [-0.25, -0.2) is 13.2 Å². The SMILES string of the molecule is CC(C)(C)c1ccc(C(=O)c2ccc(F)c(F)c2F)cc1. The summed E-state index contributed by atoms with van der Waals surface area (Å²) in [6.45, 7) is 6.08. The molecule has 0 saturated carbocycles. The van der Waals surface area contributed by atoms with Gasteiger partial charge in [-0.1, -0.05) is 45.0 Å². The summed E-state index contributed by atoms with van der Waals surface area (Å²) < 4.78 is 39.7. The minimum Gasteiger partial charge on any atom is -0.288 e. The predicted molar refractivity (Wildman–Crippen MR) is 74.9 cm³/mol. The molecule has 0 heterocycles. The highest BCUT2D eigenvalue weighted by molar-refractivity contribution is 6.09. The molecule has 110 valence electrons. The van der Waals surface area contributed by atoms with Crippen molar-refractivity contribution in [3.63, 3.8) is 0 Å². The van der Waals surface area contributed by atoms with E-state index < -0.39 is 28.8 Å². The molecule has 0 radical (unpaired) electrons.